The van der Waals surface area contributed by atoms with E-state index in [9.17, 15) is 9.90 Å². The van der Waals surface area contributed by atoms with E-state index in [0.29, 0.717) is 6.42 Å². The highest BCUT2D eigenvalue weighted by molar-refractivity contribution is 5.70. The van der Waals surface area contributed by atoms with Crippen molar-refractivity contribution in [3.63, 3.8) is 0 Å². The van der Waals surface area contributed by atoms with Crippen LogP contribution < -0.4 is 5.32 Å². The van der Waals surface area contributed by atoms with Gasteiger partial charge in [0.2, 0.25) is 0 Å². The van der Waals surface area contributed by atoms with E-state index in [1.807, 2.05) is 0 Å². The Labute approximate surface area is 108 Å². The second-order valence-electron chi connectivity index (χ2n) is 5.96. The van der Waals surface area contributed by atoms with Crippen LogP contribution in [0.1, 0.15) is 44.9 Å². The Balaban J connectivity index is 1.75. The van der Waals surface area contributed by atoms with Gasteiger partial charge in [0.25, 0.3) is 0 Å². The van der Waals surface area contributed by atoms with Gasteiger partial charge in [0.1, 0.15) is 0 Å². The number of hydrogen-bond donors (Lipinski definition) is 2. The van der Waals surface area contributed by atoms with Gasteiger partial charge in [0, 0.05) is 13.0 Å². The predicted molar refractivity (Wildman–Crippen MR) is 67.9 cm³/mol. The molecular weight excluding hydrogens is 228 g/mol. The van der Waals surface area contributed by atoms with Crippen LogP contribution in [0.25, 0.3) is 0 Å². The fourth-order valence-electron chi connectivity index (χ4n) is 3.06. The number of aliphatic carboxylic acids is 1. The molecule has 0 amide bonds. The van der Waals surface area contributed by atoms with E-state index in [2.05, 4.69) is 11.4 Å². The van der Waals surface area contributed by atoms with E-state index in [1.54, 1.807) is 0 Å². The van der Waals surface area contributed by atoms with Crippen LogP contribution in [0.15, 0.2) is 0 Å². The molecule has 18 heavy (non-hydrogen) atoms. The third-order valence-electron chi connectivity index (χ3n) is 4.54. The number of nitrogens with one attached hydrogen (secondary N) is 1. The number of hydrogen-bond acceptors (Lipinski definition) is 3. The first-order chi connectivity index (χ1) is 8.67. The summed E-state index contributed by atoms with van der Waals surface area (Å²) >= 11 is 0. The highest BCUT2D eigenvalue weighted by Gasteiger charge is 2.42. The first kappa shape index (κ1) is 13.4. The average molecular weight is 250 g/mol. The van der Waals surface area contributed by atoms with Crippen LogP contribution in [-0.2, 0) is 4.79 Å². The molecule has 0 heterocycles. The predicted octanol–water partition coefficient (Wildman–Crippen LogP) is 2.16. The normalized spacial score (nSPS) is 29.5. The summed E-state index contributed by atoms with van der Waals surface area (Å²) in [5.41, 5.74) is 0.210. The Morgan fingerprint density at radius 3 is 2.72 bits per heavy atom. The first-order valence-corrected chi connectivity index (χ1v) is 6.97. The lowest BCUT2D eigenvalue weighted by Crippen LogP contribution is -2.36. The summed E-state index contributed by atoms with van der Waals surface area (Å²) in [5, 5.41) is 21.4. The zero-order chi connectivity index (χ0) is 13.0. The molecule has 0 radical (unpaired) electrons. The van der Waals surface area contributed by atoms with Crippen molar-refractivity contribution in [2.45, 2.75) is 44.9 Å². The summed E-state index contributed by atoms with van der Waals surface area (Å²) in [6.07, 6.45) is 6.96. The minimum atomic E-state index is -0.639. The smallest absolute Gasteiger partial charge is 0.306 e. The highest BCUT2D eigenvalue weighted by Crippen LogP contribution is 2.47. The van der Waals surface area contributed by atoms with Gasteiger partial charge in [-0.1, -0.05) is 12.8 Å². The third-order valence-corrected chi connectivity index (χ3v) is 4.54. The molecule has 0 aliphatic heterocycles. The van der Waals surface area contributed by atoms with Crippen LogP contribution in [0.2, 0.25) is 0 Å². The zero-order valence-corrected chi connectivity index (χ0v) is 10.8. The van der Waals surface area contributed by atoms with Crippen LogP contribution in [0.4, 0.5) is 0 Å². The van der Waals surface area contributed by atoms with Crippen LogP contribution >= 0.6 is 0 Å². The van der Waals surface area contributed by atoms with Crippen LogP contribution in [-0.4, -0.2) is 24.2 Å². The maximum Gasteiger partial charge on any atom is 0.306 e. The topological polar surface area (TPSA) is 73.1 Å². The molecule has 0 bridgehead atoms. The van der Waals surface area contributed by atoms with E-state index in [4.69, 9.17) is 5.26 Å². The Morgan fingerprint density at radius 1 is 1.39 bits per heavy atom. The van der Waals surface area contributed by atoms with Crippen LogP contribution in [0.3, 0.4) is 0 Å². The molecule has 0 aromatic heterocycles. The molecule has 0 spiro atoms. The van der Waals surface area contributed by atoms with Crippen molar-refractivity contribution in [3.8, 4) is 6.07 Å². The second-order valence-corrected chi connectivity index (χ2v) is 5.96. The minimum absolute atomic E-state index is 0.169. The van der Waals surface area contributed by atoms with Gasteiger partial charge >= 0.3 is 5.97 Å². The summed E-state index contributed by atoms with van der Waals surface area (Å²) in [6, 6.07) is 2.25. The molecule has 2 aliphatic carbocycles. The number of carbonyl (C=O) groups is 1. The van der Waals surface area contributed by atoms with Gasteiger partial charge in [-0.3, -0.25) is 4.79 Å². The molecule has 4 heteroatoms. The van der Waals surface area contributed by atoms with Crippen molar-refractivity contribution in [1.82, 2.24) is 5.32 Å². The lowest BCUT2D eigenvalue weighted by atomic mass is 9.79. The molecule has 2 N–H and O–H groups in total. The van der Waals surface area contributed by atoms with Crippen LogP contribution in [0.5, 0.6) is 0 Å². The standard InChI is InChI=1S/C14H22N2O2/c15-8-7-14(5-6-14)10-16-9-11-3-1-2-4-12(11)13(17)18/h11-12,16H,1-7,9-10H2,(H,17,18). The van der Waals surface area contributed by atoms with E-state index >= 15 is 0 Å². The van der Waals surface area contributed by atoms with Gasteiger partial charge in [-0.05, 0) is 43.6 Å². The van der Waals surface area contributed by atoms with Crippen molar-refractivity contribution < 1.29 is 9.90 Å². The number of carboxylic acids is 1. The van der Waals surface area contributed by atoms with Gasteiger partial charge < -0.3 is 10.4 Å². The molecule has 2 rings (SSSR count). The van der Waals surface area contributed by atoms with Crippen molar-refractivity contribution in [2.24, 2.45) is 17.3 Å². The Morgan fingerprint density at radius 2 is 2.11 bits per heavy atom. The molecular formula is C14H22N2O2. The summed E-state index contributed by atoms with van der Waals surface area (Å²) in [7, 11) is 0. The van der Waals surface area contributed by atoms with Gasteiger partial charge in [0.05, 0.1) is 12.0 Å². The molecule has 4 nitrogen and oxygen atoms in total. The first-order valence-electron chi connectivity index (χ1n) is 6.97. The lowest BCUT2D eigenvalue weighted by molar-refractivity contribution is -0.144. The van der Waals surface area contributed by atoms with Gasteiger partial charge in [-0.25, -0.2) is 0 Å². The third kappa shape index (κ3) is 3.23. The SMILES string of the molecule is N#CCC1(CNCC2CCCCC2C(=O)O)CC1. The summed E-state index contributed by atoms with van der Waals surface area (Å²) < 4.78 is 0. The zero-order valence-electron chi connectivity index (χ0n) is 10.8. The largest absolute Gasteiger partial charge is 0.481 e. The second kappa shape index (κ2) is 5.71. The number of rotatable bonds is 6. The lowest BCUT2D eigenvalue weighted by Gasteiger charge is -2.29. The summed E-state index contributed by atoms with van der Waals surface area (Å²) in [5.74, 6) is -0.536. The Bertz CT molecular complexity index is 344. The molecule has 2 saturated carbocycles. The fourth-order valence-corrected chi connectivity index (χ4v) is 3.06. The minimum Gasteiger partial charge on any atom is -0.481 e. The van der Waals surface area contributed by atoms with Crippen molar-refractivity contribution >= 4 is 5.97 Å². The number of nitriles is 1. The van der Waals surface area contributed by atoms with E-state index < -0.39 is 5.97 Å². The molecule has 2 aliphatic rings. The van der Waals surface area contributed by atoms with E-state index in [-0.39, 0.29) is 17.3 Å². The van der Waals surface area contributed by atoms with Crippen molar-refractivity contribution in [2.75, 3.05) is 13.1 Å². The maximum atomic E-state index is 11.2. The van der Waals surface area contributed by atoms with Crippen molar-refractivity contribution in [3.05, 3.63) is 0 Å². The fraction of sp³-hybridized carbons (Fsp3) is 0.857. The molecule has 100 valence electrons. The van der Waals surface area contributed by atoms with Gasteiger partial charge in [-0.15, -0.1) is 0 Å². The molecule has 0 saturated heterocycles. The Kier molecular flexibility index (Phi) is 4.23. The molecule has 2 fully saturated rings. The molecule has 2 unspecified atom stereocenters. The molecule has 2 atom stereocenters. The average Bonchev–Trinajstić information content (AvgIpc) is 3.10. The Hall–Kier alpha value is -1.08. The van der Waals surface area contributed by atoms with Crippen LogP contribution in [0, 0.1) is 28.6 Å². The quantitative estimate of drug-likeness (QED) is 0.757. The van der Waals surface area contributed by atoms with Gasteiger partial charge in [-0.2, -0.15) is 5.26 Å². The number of nitrogens with zero attached hydrogens (tertiary/aromatic N) is 1. The monoisotopic (exact) mass is 250 g/mol. The van der Waals surface area contributed by atoms with E-state index in [0.717, 1.165) is 51.6 Å². The number of carboxylic acid groups (broad SMARTS) is 1. The highest BCUT2D eigenvalue weighted by atomic mass is 16.4. The van der Waals surface area contributed by atoms with Crippen molar-refractivity contribution in [1.29, 1.82) is 5.26 Å². The molecule has 0 aromatic carbocycles. The maximum absolute atomic E-state index is 11.2. The summed E-state index contributed by atoms with van der Waals surface area (Å²) in [4.78, 5) is 11.2. The van der Waals surface area contributed by atoms with Gasteiger partial charge in [0.15, 0.2) is 0 Å². The summed E-state index contributed by atoms with van der Waals surface area (Å²) in [6.45, 7) is 1.67. The van der Waals surface area contributed by atoms with E-state index in [1.165, 1.54) is 0 Å². The molecule has 0 aromatic rings.